The van der Waals surface area contributed by atoms with Crippen LogP contribution in [0.2, 0.25) is 0 Å². The van der Waals surface area contributed by atoms with Crippen LogP contribution in [0.5, 0.6) is 0 Å². The van der Waals surface area contributed by atoms with Gasteiger partial charge < -0.3 is 15.3 Å². The normalized spacial score (nSPS) is 20.7. The highest BCUT2D eigenvalue weighted by Crippen LogP contribution is 2.22. The second-order valence-corrected chi connectivity index (χ2v) is 5.83. The first-order chi connectivity index (χ1) is 8.59. The average Bonchev–Trinajstić information content (AvgIpc) is 3.00. The molecule has 1 saturated heterocycles. The maximum atomic E-state index is 12.0. The molecule has 0 aliphatic carbocycles. The van der Waals surface area contributed by atoms with Crippen LogP contribution in [0.15, 0.2) is 16.8 Å². The van der Waals surface area contributed by atoms with Gasteiger partial charge in [-0.3, -0.25) is 0 Å². The summed E-state index contributed by atoms with van der Waals surface area (Å²) in [5, 5.41) is 15.8. The third kappa shape index (κ3) is 2.78. The Morgan fingerprint density at radius 3 is 3.00 bits per heavy atom. The molecule has 0 spiro atoms. The van der Waals surface area contributed by atoms with Crippen LogP contribution in [0.1, 0.15) is 18.5 Å². The van der Waals surface area contributed by atoms with Gasteiger partial charge in [0, 0.05) is 5.75 Å². The lowest BCUT2D eigenvalue weighted by molar-refractivity contribution is -0.140. The molecular weight excluding hydrogens is 272 g/mol. The zero-order valence-corrected chi connectivity index (χ0v) is 11.5. The number of thioether (sulfide) groups is 1. The van der Waals surface area contributed by atoms with Gasteiger partial charge in [-0.25, -0.2) is 9.59 Å². The fraction of sp³-hybridized carbons (Fsp3) is 0.455. The van der Waals surface area contributed by atoms with Crippen LogP contribution in [0.25, 0.3) is 0 Å². The van der Waals surface area contributed by atoms with Crippen molar-refractivity contribution in [1.82, 2.24) is 10.2 Å². The van der Waals surface area contributed by atoms with Gasteiger partial charge in [0.25, 0.3) is 0 Å². The molecule has 2 heterocycles. The summed E-state index contributed by atoms with van der Waals surface area (Å²) in [4.78, 5) is 24.4. The third-order valence-electron chi connectivity index (χ3n) is 2.81. The monoisotopic (exact) mass is 286 g/mol. The molecule has 0 radical (unpaired) electrons. The summed E-state index contributed by atoms with van der Waals surface area (Å²) in [5.74, 6) is -0.0623. The Balaban J connectivity index is 1.97. The number of nitrogens with zero attached hydrogens (tertiary/aromatic N) is 1. The van der Waals surface area contributed by atoms with E-state index in [0.717, 1.165) is 5.56 Å². The molecule has 0 bridgehead atoms. The predicted molar refractivity (Wildman–Crippen MR) is 71.9 cm³/mol. The van der Waals surface area contributed by atoms with Gasteiger partial charge >= 0.3 is 12.0 Å². The second kappa shape index (κ2) is 5.62. The van der Waals surface area contributed by atoms with Crippen molar-refractivity contribution >= 4 is 35.1 Å². The molecule has 1 aliphatic rings. The Labute approximate surface area is 113 Å². The van der Waals surface area contributed by atoms with Crippen LogP contribution in [-0.4, -0.2) is 39.7 Å². The van der Waals surface area contributed by atoms with E-state index in [1.54, 1.807) is 11.3 Å². The van der Waals surface area contributed by atoms with E-state index in [9.17, 15) is 9.59 Å². The fourth-order valence-electron chi connectivity index (χ4n) is 1.72. The van der Waals surface area contributed by atoms with Crippen LogP contribution in [-0.2, 0) is 4.79 Å². The Bertz CT molecular complexity index is 436. The Morgan fingerprint density at radius 2 is 2.39 bits per heavy atom. The first-order valence-corrected chi connectivity index (χ1v) is 7.59. The van der Waals surface area contributed by atoms with Crippen molar-refractivity contribution in [1.29, 1.82) is 0 Å². The zero-order chi connectivity index (χ0) is 13.1. The van der Waals surface area contributed by atoms with E-state index >= 15 is 0 Å². The van der Waals surface area contributed by atoms with Gasteiger partial charge in [-0.05, 0) is 29.3 Å². The molecular formula is C11H14N2O3S2. The molecule has 0 saturated carbocycles. The number of urea groups is 1. The van der Waals surface area contributed by atoms with Gasteiger partial charge in [0.2, 0.25) is 0 Å². The van der Waals surface area contributed by atoms with Gasteiger partial charge in [0.15, 0.2) is 0 Å². The van der Waals surface area contributed by atoms with Crippen molar-refractivity contribution in [3.8, 4) is 0 Å². The number of hydrogen-bond donors (Lipinski definition) is 2. The highest BCUT2D eigenvalue weighted by molar-refractivity contribution is 7.99. The van der Waals surface area contributed by atoms with Crippen LogP contribution in [0.3, 0.4) is 0 Å². The van der Waals surface area contributed by atoms with Crippen molar-refractivity contribution in [2.45, 2.75) is 19.0 Å². The summed E-state index contributed by atoms with van der Waals surface area (Å²) in [6.45, 7) is 1.89. The summed E-state index contributed by atoms with van der Waals surface area (Å²) in [5.41, 5.74) is 1.03. The van der Waals surface area contributed by atoms with Gasteiger partial charge in [-0.2, -0.15) is 11.3 Å². The predicted octanol–water partition coefficient (Wildman–Crippen LogP) is 1.98. The minimum Gasteiger partial charge on any atom is -0.480 e. The number of carbonyl (C=O) groups is 2. The second-order valence-electron chi connectivity index (χ2n) is 4.05. The van der Waals surface area contributed by atoms with Crippen molar-refractivity contribution in [2.24, 2.45) is 0 Å². The number of amides is 2. The van der Waals surface area contributed by atoms with Crippen molar-refractivity contribution in [3.63, 3.8) is 0 Å². The fourth-order valence-corrected chi connectivity index (χ4v) is 3.62. The van der Waals surface area contributed by atoms with Crippen LogP contribution < -0.4 is 5.32 Å². The zero-order valence-electron chi connectivity index (χ0n) is 9.83. The molecule has 2 atom stereocenters. The Hall–Kier alpha value is -1.21. The standard InChI is InChI=1S/C11H14N2O3S2/c1-7(8-2-3-17-4-8)12-11(16)13-6-18-5-9(13)10(14)15/h2-4,7,9H,5-6H2,1H3,(H,12,16)(H,14,15)/t7?,9-/m0/s1. The highest BCUT2D eigenvalue weighted by atomic mass is 32.2. The summed E-state index contributed by atoms with van der Waals surface area (Å²) in [6, 6.07) is 0.808. The van der Waals surface area contributed by atoms with E-state index in [1.165, 1.54) is 16.7 Å². The maximum absolute atomic E-state index is 12.0. The number of nitrogens with one attached hydrogen (secondary N) is 1. The summed E-state index contributed by atoms with van der Waals surface area (Å²) < 4.78 is 0. The molecule has 1 aromatic heterocycles. The van der Waals surface area contributed by atoms with Gasteiger partial charge in [0.05, 0.1) is 11.9 Å². The summed E-state index contributed by atoms with van der Waals surface area (Å²) >= 11 is 3.03. The molecule has 2 rings (SSSR count). The van der Waals surface area contributed by atoms with E-state index in [0.29, 0.717) is 11.6 Å². The number of hydrogen-bond acceptors (Lipinski definition) is 4. The van der Waals surface area contributed by atoms with E-state index < -0.39 is 12.0 Å². The molecule has 2 amide bonds. The molecule has 1 aliphatic heterocycles. The van der Waals surface area contributed by atoms with Crippen LogP contribution in [0.4, 0.5) is 4.79 Å². The topological polar surface area (TPSA) is 69.6 Å². The average molecular weight is 286 g/mol. The number of carbonyl (C=O) groups excluding carboxylic acids is 1. The minimum absolute atomic E-state index is 0.108. The molecule has 0 aromatic carbocycles. The Morgan fingerprint density at radius 1 is 1.61 bits per heavy atom. The van der Waals surface area contributed by atoms with E-state index in [1.807, 2.05) is 23.8 Å². The molecule has 1 unspecified atom stereocenters. The summed E-state index contributed by atoms with van der Waals surface area (Å²) in [7, 11) is 0. The quantitative estimate of drug-likeness (QED) is 0.891. The van der Waals surface area contributed by atoms with Crippen LogP contribution >= 0.6 is 23.1 Å². The van der Waals surface area contributed by atoms with E-state index in [2.05, 4.69) is 5.32 Å². The van der Waals surface area contributed by atoms with Crippen molar-refractivity contribution in [3.05, 3.63) is 22.4 Å². The number of aliphatic carboxylic acids is 1. The SMILES string of the molecule is CC(NC(=O)N1CSC[C@H]1C(=O)O)c1ccsc1. The molecule has 1 fully saturated rings. The maximum Gasteiger partial charge on any atom is 0.327 e. The van der Waals surface area contributed by atoms with Gasteiger partial charge in [-0.15, -0.1) is 11.8 Å². The molecule has 18 heavy (non-hydrogen) atoms. The van der Waals surface area contributed by atoms with E-state index in [4.69, 9.17) is 5.11 Å². The van der Waals surface area contributed by atoms with Gasteiger partial charge in [-0.1, -0.05) is 0 Å². The highest BCUT2D eigenvalue weighted by Gasteiger charge is 2.34. The number of carboxylic acid groups (broad SMARTS) is 1. The number of carboxylic acids is 1. The van der Waals surface area contributed by atoms with Crippen LogP contribution in [0, 0.1) is 0 Å². The lowest BCUT2D eigenvalue weighted by Crippen LogP contribution is -2.47. The molecule has 1 aromatic rings. The van der Waals surface area contributed by atoms with Gasteiger partial charge in [0.1, 0.15) is 6.04 Å². The largest absolute Gasteiger partial charge is 0.480 e. The molecule has 2 N–H and O–H groups in total. The number of rotatable bonds is 3. The lowest BCUT2D eigenvalue weighted by Gasteiger charge is -2.23. The van der Waals surface area contributed by atoms with E-state index in [-0.39, 0.29) is 12.1 Å². The smallest absolute Gasteiger partial charge is 0.327 e. The van der Waals surface area contributed by atoms with Crippen molar-refractivity contribution < 1.29 is 14.7 Å². The Kier molecular flexibility index (Phi) is 4.13. The first kappa shape index (κ1) is 13.2. The number of thiophene rings is 1. The first-order valence-electron chi connectivity index (χ1n) is 5.49. The molecule has 5 nitrogen and oxygen atoms in total. The van der Waals surface area contributed by atoms with Crippen molar-refractivity contribution in [2.75, 3.05) is 11.6 Å². The third-order valence-corrected chi connectivity index (χ3v) is 4.53. The minimum atomic E-state index is -0.946. The lowest BCUT2D eigenvalue weighted by atomic mass is 10.2. The molecule has 98 valence electrons. The summed E-state index contributed by atoms with van der Waals surface area (Å²) in [6.07, 6.45) is 0. The molecule has 7 heteroatoms.